The maximum Gasteiger partial charge on any atom is 0.0698 e. The molecule has 1 heteroatoms. The Bertz CT molecular complexity index is 155. The molecule has 0 saturated heterocycles. The molecule has 0 aromatic rings. The molecule has 1 aliphatic rings. The van der Waals surface area contributed by atoms with Gasteiger partial charge in [-0.1, -0.05) is 46.5 Å². The molecule has 1 N–H and O–H groups in total. The molecule has 0 radical (unpaired) electrons. The minimum Gasteiger partial charge on any atom is -0.389 e. The molecular formula is C12H24O. The van der Waals surface area contributed by atoms with Crippen molar-refractivity contribution in [3.63, 3.8) is 0 Å². The van der Waals surface area contributed by atoms with Gasteiger partial charge in [0.2, 0.25) is 0 Å². The van der Waals surface area contributed by atoms with Crippen molar-refractivity contribution in [2.24, 2.45) is 5.41 Å². The van der Waals surface area contributed by atoms with Crippen LogP contribution in [-0.2, 0) is 0 Å². The average Bonchev–Trinajstić information content (AvgIpc) is 2.05. The normalized spacial score (nSPS) is 23.1. The lowest BCUT2D eigenvalue weighted by Crippen LogP contribution is -2.46. The Morgan fingerprint density at radius 1 is 1.15 bits per heavy atom. The summed E-state index contributed by atoms with van der Waals surface area (Å²) < 4.78 is 0. The van der Waals surface area contributed by atoms with Crippen molar-refractivity contribution in [2.75, 3.05) is 0 Å². The van der Waals surface area contributed by atoms with E-state index in [4.69, 9.17) is 0 Å². The second-order valence-corrected chi connectivity index (χ2v) is 5.23. The van der Waals surface area contributed by atoms with Crippen molar-refractivity contribution < 1.29 is 5.11 Å². The van der Waals surface area contributed by atoms with Crippen LogP contribution >= 0.6 is 0 Å². The lowest BCUT2D eigenvalue weighted by molar-refractivity contribution is -0.0968. The van der Waals surface area contributed by atoms with E-state index in [9.17, 15) is 5.11 Å². The van der Waals surface area contributed by atoms with Crippen LogP contribution in [0.1, 0.15) is 65.7 Å². The smallest absolute Gasteiger partial charge is 0.0698 e. The third-order valence-corrected chi connectivity index (χ3v) is 3.82. The predicted molar refractivity (Wildman–Crippen MR) is 56.7 cm³/mol. The lowest BCUT2D eigenvalue weighted by atomic mass is 9.65. The van der Waals surface area contributed by atoms with Gasteiger partial charge in [0, 0.05) is 0 Å². The first-order valence-corrected chi connectivity index (χ1v) is 5.74. The van der Waals surface area contributed by atoms with E-state index in [1.54, 1.807) is 0 Å². The van der Waals surface area contributed by atoms with Gasteiger partial charge in [-0.25, -0.2) is 0 Å². The second kappa shape index (κ2) is 4.00. The van der Waals surface area contributed by atoms with Gasteiger partial charge in [0.1, 0.15) is 0 Å². The first kappa shape index (κ1) is 11.0. The van der Waals surface area contributed by atoms with Crippen LogP contribution in [0.15, 0.2) is 0 Å². The Hall–Kier alpha value is -0.0400. The van der Waals surface area contributed by atoms with Crippen LogP contribution in [0.5, 0.6) is 0 Å². The van der Waals surface area contributed by atoms with E-state index in [1.807, 2.05) is 0 Å². The van der Waals surface area contributed by atoms with Crippen LogP contribution < -0.4 is 0 Å². The van der Waals surface area contributed by atoms with E-state index >= 15 is 0 Å². The van der Waals surface area contributed by atoms with Gasteiger partial charge < -0.3 is 5.11 Å². The summed E-state index contributed by atoms with van der Waals surface area (Å²) in [7, 11) is 0. The van der Waals surface area contributed by atoms with E-state index in [2.05, 4.69) is 20.8 Å². The number of hydrogen-bond donors (Lipinski definition) is 1. The van der Waals surface area contributed by atoms with Gasteiger partial charge in [-0.15, -0.1) is 0 Å². The van der Waals surface area contributed by atoms with Crippen LogP contribution in [0.2, 0.25) is 0 Å². The van der Waals surface area contributed by atoms with Crippen LogP contribution in [0, 0.1) is 5.41 Å². The van der Waals surface area contributed by atoms with Crippen molar-refractivity contribution in [3.8, 4) is 0 Å². The van der Waals surface area contributed by atoms with Crippen LogP contribution in [0.25, 0.3) is 0 Å². The SMILES string of the molecule is CCCC(C)(C)C1(O)CCCCC1. The molecule has 0 bridgehead atoms. The highest BCUT2D eigenvalue weighted by Crippen LogP contribution is 2.44. The summed E-state index contributed by atoms with van der Waals surface area (Å²) in [5.74, 6) is 0. The van der Waals surface area contributed by atoms with E-state index in [0.717, 1.165) is 19.3 Å². The van der Waals surface area contributed by atoms with Crippen LogP contribution in [-0.4, -0.2) is 10.7 Å². The molecule has 0 unspecified atom stereocenters. The number of aliphatic hydroxyl groups is 1. The third kappa shape index (κ3) is 2.25. The topological polar surface area (TPSA) is 20.2 Å². The van der Waals surface area contributed by atoms with E-state index < -0.39 is 0 Å². The molecule has 78 valence electrons. The van der Waals surface area contributed by atoms with Gasteiger partial charge in [-0.05, 0) is 24.7 Å². The molecule has 1 rings (SSSR count). The summed E-state index contributed by atoms with van der Waals surface area (Å²) in [5, 5.41) is 10.5. The quantitative estimate of drug-likeness (QED) is 0.711. The van der Waals surface area contributed by atoms with Gasteiger partial charge in [0.05, 0.1) is 5.60 Å². The summed E-state index contributed by atoms with van der Waals surface area (Å²) in [6.07, 6.45) is 8.08. The van der Waals surface area contributed by atoms with Crippen LogP contribution in [0.4, 0.5) is 0 Å². The van der Waals surface area contributed by atoms with E-state index in [-0.39, 0.29) is 11.0 Å². The Morgan fingerprint density at radius 2 is 1.69 bits per heavy atom. The van der Waals surface area contributed by atoms with Gasteiger partial charge in [0.25, 0.3) is 0 Å². The van der Waals surface area contributed by atoms with E-state index in [0.29, 0.717) is 0 Å². The predicted octanol–water partition coefficient (Wildman–Crippen LogP) is 3.51. The summed E-state index contributed by atoms with van der Waals surface area (Å²) >= 11 is 0. The van der Waals surface area contributed by atoms with Crippen molar-refractivity contribution >= 4 is 0 Å². The van der Waals surface area contributed by atoms with Crippen LogP contribution in [0.3, 0.4) is 0 Å². The molecule has 0 amide bonds. The largest absolute Gasteiger partial charge is 0.389 e. The monoisotopic (exact) mass is 184 g/mol. The highest BCUT2D eigenvalue weighted by atomic mass is 16.3. The molecular weight excluding hydrogens is 160 g/mol. The number of rotatable bonds is 3. The molecule has 1 aliphatic carbocycles. The zero-order valence-corrected chi connectivity index (χ0v) is 9.40. The molecule has 13 heavy (non-hydrogen) atoms. The molecule has 0 spiro atoms. The Balaban J connectivity index is 2.64. The van der Waals surface area contributed by atoms with Gasteiger partial charge in [-0.2, -0.15) is 0 Å². The Labute approximate surface area is 82.5 Å². The van der Waals surface area contributed by atoms with Gasteiger partial charge >= 0.3 is 0 Å². The van der Waals surface area contributed by atoms with Gasteiger partial charge in [0.15, 0.2) is 0 Å². The standard InChI is InChI=1S/C12H24O/c1-4-8-11(2,3)12(13)9-6-5-7-10-12/h13H,4-10H2,1-3H3. The number of hydrogen-bond acceptors (Lipinski definition) is 1. The fraction of sp³-hybridized carbons (Fsp3) is 1.00. The minimum absolute atomic E-state index is 0.113. The molecule has 0 aromatic carbocycles. The summed E-state index contributed by atoms with van der Waals surface area (Å²) in [5.41, 5.74) is -0.260. The van der Waals surface area contributed by atoms with Gasteiger partial charge in [-0.3, -0.25) is 0 Å². The first-order valence-electron chi connectivity index (χ1n) is 5.74. The summed E-state index contributed by atoms with van der Waals surface area (Å²) in [4.78, 5) is 0. The Kier molecular flexibility index (Phi) is 3.39. The van der Waals surface area contributed by atoms with E-state index in [1.165, 1.54) is 25.7 Å². The maximum atomic E-state index is 10.5. The average molecular weight is 184 g/mol. The zero-order valence-electron chi connectivity index (χ0n) is 9.40. The van der Waals surface area contributed by atoms with Crippen molar-refractivity contribution in [1.29, 1.82) is 0 Å². The Morgan fingerprint density at radius 3 is 2.15 bits per heavy atom. The highest BCUT2D eigenvalue weighted by Gasteiger charge is 2.42. The fourth-order valence-electron chi connectivity index (χ4n) is 2.67. The second-order valence-electron chi connectivity index (χ2n) is 5.23. The van der Waals surface area contributed by atoms with Crippen molar-refractivity contribution in [2.45, 2.75) is 71.3 Å². The lowest BCUT2D eigenvalue weighted by Gasteiger charge is -2.45. The summed E-state index contributed by atoms with van der Waals surface area (Å²) in [6.45, 7) is 6.65. The van der Waals surface area contributed by atoms with Crippen molar-refractivity contribution in [1.82, 2.24) is 0 Å². The maximum absolute atomic E-state index is 10.5. The summed E-state index contributed by atoms with van der Waals surface area (Å²) in [6, 6.07) is 0. The minimum atomic E-state index is -0.374. The molecule has 1 saturated carbocycles. The first-order chi connectivity index (χ1) is 6.02. The molecule has 1 nitrogen and oxygen atoms in total. The third-order valence-electron chi connectivity index (χ3n) is 3.82. The van der Waals surface area contributed by atoms with Crippen molar-refractivity contribution in [3.05, 3.63) is 0 Å². The molecule has 0 heterocycles. The molecule has 1 fully saturated rings. The zero-order chi connectivity index (χ0) is 9.95. The highest BCUT2D eigenvalue weighted by molar-refractivity contribution is 4.94. The molecule has 0 aromatic heterocycles. The fourth-order valence-corrected chi connectivity index (χ4v) is 2.67. The molecule has 0 aliphatic heterocycles. The molecule has 0 atom stereocenters.